The van der Waals surface area contributed by atoms with Gasteiger partial charge in [0.15, 0.2) is 0 Å². The molecule has 2 amide bonds. The molecule has 0 aromatic heterocycles. The van der Waals surface area contributed by atoms with Crippen molar-refractivity contribution in [3.05, 3.63) is 70.8 Å². The molecule has 0 aliphatic carbocycles. The van der Waals surface area contributed by atoms with Crippen LogP contribution in [-0.4, -0.2) is 23.1 Å². The molecule has 0 spiro atoms. The molecule has 1 atom stereocenters. The van der Waals surface area contributed by atoms with Gasteiger partial charge in [-0.1, -0.05) is 81.6 Å². The summed E-state index contributed by atoms with van der Waals surface area (Å²) in [5.74, 6) is -0.230. The number of carbonyl (C=O) groups excluding carboxylic acids is 2. The Morgan fingerprint density at radius 3 is 2.17 bits per heavy atom. The van der Waals surface area contributed by atoms with E-state index in [2.05, 4.69) is 33.1 Å². The zero-order valence-electron chi connectivity index (χ0n) is 19.0. The van der Waals surface area contributed by atoms with E-state index in [1.807, 2.05) is 62.4 Å². The van der Waals surface area contributed by atoms with Crippen molar-refractivity contribution in [2.75, 3.05) is 0 Å². The molecule has 0 heterocycles. The van der Waals surface area contributed by atoms with Crippen LogP contribution in [0.3, 0.4) is 0 Å². The molecule has 2 aromatic rings. The molecule has 0 radical (unpaired) electrons. The van der Waals surface area contributed by atoms with Gasteiger partial charge in [0.25, 0.3) is 5.91 Å². The highest BCUT2D eigenvalue weighted by molar-refractivity contribution is 5.95. The maximum Gasteiger partial charge on any atom is 0.426 e. The minimum atomic E-state index is -0.637. The fourth-order valence-corrected chi connectivity index (χ4v) is 3.58. The van der Waals surface area contributed by atoms with Crippen molar-refractivity contribution in [2.24, 2.45) is 5.41 Å². The first-order valence-electron chi connectivity index (χ1n) is 10.5. The monoisotopic (exact) mass is 410 g/mol. The van der Waals surface area contributed by atoms with Crippen LogP contribution < -0.4 is 5.43 Å². The second-order valence-electron chi connectivity index (χ2n) is 8.90. The van der Waals surface area contributed by atoms with Crippen LogP contribution in [-0.2, 0) is 11.3 Å². The number of nitrogens with zero attached hydrogens (tertiary/aromatic N) is 1. The van der Waals surface area contributed by atoms with Gasteiger partial charge in [-0.3, -0.25) is 4.79 Å². The molecule has 2 aromatic carbocycles. The van der Waals surface area contributed by atoms with Crippen LogP contribution >= 0.6 is 0 Å². The van der Waals surface area contributed by atoms with Crippen molar-refractivity contribution < 1.29 is 14.3 Å². The highest BCUT2D eigenvalue weighted by Gasteiger charge is 2.35. The second kappa shape index (κ2) is 10.3. The minimum Gasteiger partial charge on any atom is -0.443 e. The fourth-order valence-electron chi connectivity index (χ4n) is 3.58. The van der Waals surface area contributed by atoms with Crippen molar-refractivity contribution in [3.63, 3.8) is 0 Å². The molecule has 0 bridgehead atoms. The van der Waals surface area contributed by atoms with Gasteiger partial charge in [0.1, 0.15) is 6.61 Å². The molecule has 5 nitrogen and oxygen atoms in total. The van der Waals surface area contributed by atoms with Crippen LogP contribution in [0.2, 0.25) is 0 Å². The van der Waals surface area contributed by atoms with Gasteiger partial charge in [0, 0.05) is 5.56 Å². The zero-order chi connectivity index (χ0) is 22.3. The average Bonchev–Trinajstić information content (AvgIpc) is 2.67. The number of benzene rings is 2. The zero-order valence-corrected chi connectivity index (χ0v) is 19.0. The number of ether oxygens (including phenoxy) is 1. The highest BCUT2D eigenvalue weighted by Crippen LogP contribution is 2.28. The summed E-state index contributed by atoms with van der Waals surface area (Å²) < 4.78 is 5.39. The molecule has 0 saturated carbocycles. The molecule has 0 aliphatic heterocycles. The Hall–Kier alpha value is -2.82. The number of rotatable bonds is 6. The summed E-state index contributed by atoms with van der Waals surface area (Å²) in [5.41, 5.74) is 5.97. The lowest BCUT2D eigenvalue weighted by molar-refractivity contribution is 0.0247. The molecule has 30 heavy (non-hydrogen) atoms. The second-order valence-corrected chi connectivity index (χ2v) is 8.90. The Bertz CT molecular complexity index is 836. The van der Waals surface area contributed by atoms with Gasteiger partial charge in [0.2, 0.25) is 0 Å². The molecule has 2 rings (SSSR count). The average molecular weight is 411 g/mol. The van der Waals surface area contributed by atoms with Crippen molar-refractivity contribution in [2.45, 2.75) is 67.0 Å². The lowest BCUT2D eigenvalue weighted by atomic mass is 9.83. The van der Waals surface area contributed by atoms with E-state index in [0.29, 0.717) is 5.56 Å². The third-order valence-corrected chi connectivity index (χ3v) is 4.99. The molecule has 162 valence electrons. The first-order chi connectivity index (χ1) is 14.1. The van der Waals surface area contributed by atoms with Gasteiger partial charge in [0.05, 0.1) is 6.04 Å². The Morgan fingerprint density at radius 2 is 1.63 bits per heavy atom. The normalized spacial score (nSPS) is 12.2. The molecule has 1 unspecified atom stereocenters. The molecular weight excluding hydrogens is 376 g/mol. The van der Waals surface area contributed by atoms with Gasteiger partial charge in [-0.05, 0) is 43.4 Å². The summed E-state index contributed by atoms with van der Waals surface area (Å²) in [4.78, 5) is 26.1. The van der Waals surface area contributed by atoms with Crippen LogP contribution in [0.5, 0.6) is 0 Å². The van der Waals surface area contributed by atoms with Gasteiger partial charge < -0.3 is 4.74 Å². The van der Waals surface area contributed by atoms with E-state index in [9.17, 15) is 9.59 Å². The summed E-state index contributed by atoms with van der Waals surface area (Å²) >= 11 is 0. The standard InChI is InChI=1S/C25H34N2O3/c1-7-11-22(25(4,5)6)27(23(28)21-15-18(2)14-19(3)16-21)26-24(29)30-17-20-12-9-8-10-13-20/h8-10,12-16,22H,7,11,17H2,1-6H3,(H,26,29). The topological polar surface area (TPSA) is 58.6 Å². The summed E-state index contributed by atoms with van der Waals surface area (Å²) in [6, 6.07) is 15.0. The lowest BCUT2D eigenvalue weighted by Crippen LogP contribution is -2.56. The minimum absolute atomic E-state index is 0.145. The highest BCUT2D eigenvalue weighted by atomic mass is 16.6. The number of hydrazine groups is 1. The molecule has 0 saturated heterocycles. The predicted molar refractivity (Wildman–Crippen MR) is 120 cm³/mol. The number of nitrogens with one attached hydrogen (secondary N) is 1. The molecule has 0 aliphatic rings. The van der Waals surface area contributed by atoms with Crippen molar-refractivity contribution in [3.8, 4) is 0 Å². The number of hydrogen-bond acceptors (Lipinski definition) is 3. The maximum atomic E-state index is 13.5. The van der Waals surface area contributed by atoms with E-state index in [-0.39, 0.29) is 24.0 Å². The first kappa shape index (κ1) is 23.5. The van der Waals surface area contributed by atoms with Gasteiger partial charge in [-0.25, -0.2) is 15.2 Å². The Morgan fingerprint density at radius 1 is 1.03 bits per heavy atom. The lowest BCUT2D eigenvalue weighted by Gasteiger charge is -2.39. The maximum absolute atomic E-state index is 13.5. The van der Waals surface area contributed by atoms with E-state index in [1.165, 1.54) is 5.01 Å². The summed E-state index contributed by atoms with van der Waals surface area (Å²) in [6.07, 6.45) is 1.01. The first-order valence-corrected chi connectivity index (χ1v) is 10.5. The van der Waals surface area contributed by atoms with E-state index >= 15 is 0 Å². The molecular formula is C25H34N2O3. The van der Waals surface area contributed by atoms with Crippen LogP contribution in [0.4, 0.5) is 4.79 Å². The summed E-state index contributed by atoms with van der Waals surface area (Å²) in [5, 5.41) is 1.46. The number of hydrogen-bond donors (Lipinski definition) is 1. The smallest absolute Gasteiger partial charge is 0.426 e. The quantitative estimate of drug-likeness (QED) is 0.612. The van der Waals surface area contributed by atoms with Crippen molar-refractivity contribution in [1.29, 1.82) is 0 Å². The van der Waals surface area contributed by atoms with Crippen LogP contribution in [0.1, 0.15) is 67.6 Å². The van der Waals surface area contributed by atoms with E-state index in [1.54, 1.807) is 0 Å². The number of carbonyl (C=O) groups is 2. The third kappa shape index (κ3) is 6.61. The van der Waals surface area contributed by atoms with Crippen LogP contribution in [0.15, 0.2) is 48.5 Å². The Labute approximate surface area is 180 Å². The molecule has 1 N–H and O–H groups in total. The molecule has 5 heteroatoms. The van der Waals surface area contributed by atoms with E-state index < -0.39 is 6.09 Å². The van der Waals surface area contributed by atoms with Crippen LogP contribution in [0, 0.1) is 19.3 Å². The fraction of sp³-hybridized carbons (Fsp3) is 0.440. The van der Waals surface area contributed by atoms with Gasteiger partial charge in [-0.15, -0.1) is 0 Å². The van der Waals surface area contributed by atoms with Crippen molar-refractivity contribution >= 4 is 12.0 Å². The van der Waals surface area contributed by atoms with E-state index in [4.69, 9.17) is 4.74 Å². The Balaban J connectivity index is 2.27. The number of aryl methyl sites for hydroxylation is 2. The predicted octanol–water partition coefficient (Wildman–Crippen LogP) is 5.80. The molecule has 0 fully saturated rings. The summed E-state index contributed by atoms with van der Waals surface area (Å²) in [6.45, 7) is 12.4. The summed E-state index contributed by atoms with van der Waals surface area (Å²) in [7, 11) is 0. The van der Waals surface area contributed by atoms with Gasteiger partial charge >= 0.3 is 6.09 Å². The van der Waals surface area contributed by atoms with E-state index in [0.717, 1.165) is 29.5 Å². The van der Waals surface area contributed by atoms with Crippen molar-refractivity contribution in [1.82, 2.24) is 10.4 Å². The largest absolute Gasteiger partial charge is 0.443 e. The number of amides is 2. The SMILES string of the molecule is CCCC(N(NC(=O)OCc1ccccc1)C(=O)c1cc(C)cc(C)c1)C(C)(C)C. The Kier molecular flexibility index (Phi) is 8.04. The van der Waals surface area contributed by atoms with Gasteiger partial charge in [-0.2, -0.15) is 0 Å². The third-order valence-electron chi connectivity index (χ3n) is 4.99. The van der Waals surface area contributed by atoms with Crippen LogP contribution in [0.25, 0.3) is 0 Å².